The molecule has 1 aromatic rings. The third kappa shape index (κ3) is 4.38. The number of carbonyl (C=O) groups excluding carboxylic acids is 1. The maximum atomic E-state index is 13.3. The van der Waals surface area contributed by atoms with Crippen LogP contribution in [0.4, 0.5) is 8.78 Å². The molecule has 1 amide bonds. The zero-order valence-electron chi connectivity index (χ0n) is 10.0. The van der Waals surface area contributed by atoms with Crippen molar-refractivity contribution in [2.75, 3.05) is 20.1 Å². The minimum absolute atomic E-state index is 0.0529. The predicted octanol–water partition coefficient (Wildman–Crippen LogP) is 0.724. The molecule has 1 atom stereocenters. The summed E-state index contributed by atoms with van der Waals surface area (Å²) in [5, 5.41) is 14.9. The Morgan fingerprint density at radius 3 is 2.83 bits per heavy atom. The van der Waals surface area contributed by atoms with Gasteiger partial charge < -0.3 is 15.7 Å². The molecule has 0 spiro atoms. The maximum Gasteiger partial charge on any atom is 0.221 e. The van der Waals surface area contributed by atoms with Gasteiger partial charge in [0.2, 0.25) is 5.91 Å². The summed E-state index contributed by atoms with van der Waals surface area (Å²) in [7, 11) is 1.53. The lowest BCUT2D eigenvalue weighted by atomic mass is 10.1. The minimum atomic E-state index is -1.15. The lowest BCUT2D eigenvalue weighted by Gasteiger charge is -2.13. The Labute approximate surface area is 104 Å². The van der Waals surface area contributed by atoms with Gasteiger partial charge in [-0.15, -0.1) is 0 Å². The fourth-order valence-corrected chi connectivity index (χ4v) is 1.45. The molecule has 0 saturated heterocycles. The van der Waals surface area contributed by atoms with Gasteiger partial charge in [0.1, 0.15) is 11.6 Å². The molecular formula is C12H16F2N2O2. The number of halogens is 2. The van der Waals surface area contributed by atoms with Crippen LogP contribution >= 0.6 is 0 Å². The smallest absolute Gasteiger partial charge is 0.221 e. The van der Waals surface area contributed by atoms with Gasteiger partial charge in [-0.1, -0.05) is 0 Å². The molecular weight excluding hydrogens is 242 g/mol. The van der Waals surface area contributed by atoms with Gasteiger partial charge in [0, 0.05) is 32.1 Å². The molecule has 4 nitrogen and oxygen atoms in total. The number of hydrogen-bond donors (Lipinski definition) is 3. The van der Waals surface area contributed by atoms with E-state index in [0.717, 1.165) is 18.2 Å². The second kappa shape index (κ2) is 7.03. The molecule has 0 fully saturated rings. The van der Waals surface area contributed by atoms with Crippen LogP contribution in [0.1, 0.15) is 18.1 Å². The van der Waals surface area contributed by atoms with Crippen molar-refractivity contribution >= 4 is 5.91 Å². The van der Waals surface area contributed by atoms with Crippen LogP contribution in [0.2, 0.25) is 0 Å². The lowest BCUT2D eigenvalue weighted by molar-refractivity contribution is -0.120. The number of rotatable bonds is 6. The van der Waals surface area contributed by atoms with Crippen LogP contribution in [0.5, 0.6) is 0 Å². The van der Waals surface area contributed by atoms with Crippen molar-refractivity contribution in [2.24, 2.45) is 0 Å². The standard InChI is InChI=1S/C12H16F2N2O2/c1-15-12(18)4-5-16-7-11(17)9-6-8(13)2-3-10(9)14/h2-3,6,11,16-17H,4-5,7H2,1H3,(H,15,18). The molecule has 0 radical (unpaired) electrons. The van der Waals surface area contributed by atoms with Crippen LogP contribution in [-0.2, 0) is 4.79 Å². The molecule has 0 aromatic heterocycles. The van der Waals surface area contributed by atoms with Crippen molar-refractivity contribution in [1.82, 2.24) is 10.6 Å². The molecule has 1 rings (SSSR count). The third-order valence-corrected chi connectivity index (χ3v) is 2.46. The summed E-state index contributed by atoms with van der Waals surface area (Å²) in [5.74, 6) is -1.39. The number of aliphatic hydroxyl groups excluding tert-OH is 1. The normalized spacial score (nSPS) is 12.2. The number of carbonyl (C=O) groups is 1. The molecule has 0 bridgehead atoms. The second-order valence-corrected chi connectivity index (χ2v) is 3.81. The number of nitrogens with one attached hydrogen (secondary N) is 2. The first kappa shape index (κ1) is 14.5. The first-order valence-electron chi connectivity index (χ1n) is 5.59. The monoisotopic (exact) mass is 258 g/mol. The topological polar surface area (TPSA) is 61.4 Å². The van der Waals surface area contributed by atoms with Crippen molar-refractivity contribution in [2.45, 2.75) is 12.5 Å². The van der Waals surface area contributed by atoms with E-state index in [9.17, 15) is 18.7 Å². The molecule has 0 heterocycles. The van der Waals surface area contributed by atoms with E-state index in [1.54, 1.807) is 0 Å². The van der Waals surface area contributed by atoms with Crippen LogP contribution in [0.25, 0.3) is 0 Å². The van der Waals surface area contributed by atoms with E-state index >= 15 is 0 Å². The average molecular weight is 258 g/mol. The average Bonchev–Trinajstić information content (AvgIpc) is 2.36. The van der Waals surface area contributed by atoms with Crippen molar-refractivity contribution in [3.63, 3.8) is 0 Å². The molecule has 0 aliphatic carbocycles. The summed E-state index contributed by atoms with van der Waals surface area (Å²) in [5.41, 5.74) is -0.0950. The van der Waals surface area contributed by atoms with Gasteiger partial charge in [-0.05, 0) is 18.2 Å². The van der Waals surface area contributed by atoms with Crippen LogP contribution in [0, 0.1) is 11.6 Å². The Morgan fingerprint density at radius 1 is 1.44 bits per heavy atom. The molecule has 0 aliphatic heterocycles. The summed E-state index contributed by atoms with van der Waals surface area (Å²) in [4.78, 5) is 10.9. The van der Waals surface area contributed by atoms with Gasteiger partial charge in [0.15, 0.2) is 0 Å². The highest BCUT2D eigenvalue weighted by atomic mass is 19.1. The highest BCUT2D eigenvalue weighted by molar-refractivity contribution is 5.75. The SMILES string of the molecule is CNC(=O)CCNCC(O)c1cc(F)ccc1F. The molecule has 0 aliphatic rings. The van der Waals surface area contributed by atoms with Gasteiger partial charge in [0.05, 0.1) is 6.10 Å². The highest BCUT2D eigenvalue weighted by Gasteiger charge is 2.13. The van der Waals surface area contributed by atoms with Crippen molar-refractivity contribution in [3.8, 4) is 0 Å². The van der Waals surface area contributed by atoms with E-state index < -0.39 is 17.7 Å². The van der Waals surface area contributed by atoms with E-state index in [1.165, 1.54) is 7.05 Å². The summed E-state index contributed by atoms with van der Waals surface area (Å²) < 4.78 is 26.2. The first-order chi connectivity index (χ1) is 8.54. The van der Waals surface area contributed by atoms with Crippen molar-refractivity contribution in [3.05, 3.63) is 35.4 Å². The van der Waals surface area contributed by atoms with E-state index in [1.807, 2.05) is 0 Å². The molecule has 6 heteroatoms. The summed E-state index contributed by atoms with van der Waals surface area (Å²) in [6.07, 6.45) is -0.889. The highest BCUT2D eigenvalue weighted by Crippen LogP contribution is 2.17. The summed E-state index contributed by atoms with van der Waals surface area (Å²) in [6.45, 7) is 0.408. The Morgan fingerprint density at radius 2 is 2.17 bits per heavy atom. The summed E-state index contributed by atoms with van der Waals surface area (Å²) >= 11 is 0. The summed E-state index contributed by atoms with van der Waals surface area (Å²) in [6, 6.07) is 2.92. The minimum Gasteiger partial charge on any atom is -0.387 e. The fraction of sp³-hybridized carbons (Fsp3) is 0.417. The number of amides is 1. The lowest BCUT2D eigenvalue weighted by Crippen LogP contribution is -2.28. The van der Waals surface area contributed by atoms with Gasteiger partial charge >= 0.3 is 0 Å². The maximum absolute atomic E-state index is 13.3. The van der Waals surface area contributed by atoms with Gasteiger partial charge in [0.25, 0.3) is 0 Å². The predicted molar refractivity (Wildman–Crippen MR) is 62.9 cm³/mol. The third-order valence-electron chi connectivity index (χ3n) is 2.46. The van der Waals surface area contributed by atoms with Crippen molar-refractivity contribution in [1.29, 1.82) is 0 Å². The van der Waals surface area contributed by atoms with E-state index in [4.69, 9.17) is 0 Å². The van der Waals surface area contributed by atoms with Crippen LogP contribution in [-0.4, -0.2) is 31.2 Å². The van der Waals surface area contributed by atoms with Gasteiger partial charge in [-0.3, -0.25) is 4.79 Å². The largest absolute Gasteiger partial charge is 0.387 e. The van der Waals surface area contributed by atoms with E-state index in [-0.39, 0.29) is 24.4 Å². The molecule has 1 unspecified atom stereocenters. The van der Waals surface area contributed by atoms with Crippen LogP contribution in [0.15, 0.2) is 18.2 Å². The quantitative estimate of drug-likeness (QED) is 0.659. The second-order valence-electron chi connectivity index (χ2n) is 3.81. The Bertz CT molecular complexity index is 413. The van der Waals surface area contributed by atoms with Crippen molar-refractivity contribution < 1.29 is 18.7 Å². The fourth-order valence-electron chi connectivity index (χ4n) is 1.45. The number of benzene rings is 1. The molecule has 100 valence electrons. The first-order valence-corrected chi connectivity index (χ1v) is 5.59. The zero-order valence-corrected chi connectivity index (χ0v) is 10.0. The number of aliphatic hydroxyl groups is 1. The molecule has 3 N–H and O–H groups in total. The van der Waals surface area contributed by atoms with Gasteiger partial charge in [-0.25, -0.2) is 8.78 Å². The molecule has 18 heavy (non-hydrogen) atoms. The van der Waals surface area contributed by atoms with E-state index in [2.05, 4.69) is 10.6 Å². The van der Waals surface area contributed by atoms with Crippen LogP contribution in [0.3, 0.4) is 0 Å². The van der Waals surface area contributed by atoms with Crippen LogP contribution < -0.4 is 10.6 Å². The molecule has 0 saturated carbocycles. The zero-order chi connectivity index (χ0) is 13.5. The molecule has 1 aromatic carbocycles. The Hall–Kier alpha value is -1.53. The van der Waals surface area contributed by atoms with E-state index in [0.29, 0.717) is 6.54 Å². The Kier molecular flexibility index (Phi) is 5.67. The Balaban J connectivity index is 2.43. The van der Waals surface area contributed by atoms with Gasteiger partial charge in [-0.2, -0.15) is 0 Å². The number of hydrogen-bond acceptors (Lipinski definition) is 3.